The van der Waals surface area contributed by atoms with Gasteiger partial charge in [0.05, 0.1) is 12.1 Å². The summed E-state index contributed by atoms with van der Waals surface area (Å²) < 4.78 is 26.8. The summed E-state index contributed by atoms with van der Waals surface area (Å²) in [7, 11) is 0. The number of nitrogens with zero attached hydrogens (tertiary/aromatic N) is 1. The first kappa shape index (κ1) is 18.5. The molecule has 0 saturated carbocycles. The first-order chi connectivity index (χ1) is 12.5. The first-order valence-electron chi connectivity index (χ1n) is 8.52. The molecule has 4 nitrogen and oxygen atoms in total. The monoisotopic (exact) mass is 375 g/mol. The molecule has 1 aromatic carbocycles. The number of carbonyl (C=O) groups excluding carboxylic acids is 1. The van der Waals surface area contributed by atoms with Crippen LogP contribution in [0.1, 0.15) is 47.4 Å². The minimum atomic E-state index is -0.650. The summed E-state index contributed by atoms with van der Waals surface area (Å²) in [5.41, 5.74) is 1.92. The summed E-state index contributed by atoms with van der Waals surface area (Å²) in [6.45, 7) is 1.67. The fourth-order valence-electron chi connectivity index (χ4n) is 3.15. The van der Waals surface area contributed by atoms with E-state index >= 15 is 0 Å². The lowest BCUT2D eigenvalue weighted by atomic mass is 9.96. The molecule has 0 aliphatic heterocycles. The molecule has 2 N–H and O–H groups in total. The van der Waals surface area contributed by atoms with E-state index in [1.807, 2.05) is 0 Å². The molecule has 26 heavy (non-hydrogen) atoms. The van der Waals surface area contributed by atoms with Gasteiger partial charge in [0.2, 0.25) is 5.91 Å². The fraction of sp³-hybridized carbons (Fsp3) is 0.368. The van der Waals surface area contributed by atoms with Gasteiger partial charge in [-0.05, 0) is 44.2 Å². The van der Waals surface area contributed by atoms with Gasteiger partial charge in [0.25, 0.3) is 0 Å². The number of thiophene rings is 1. The molecule has 1 aliphatic rings. The van der Waals surface area contributed by atoms with E-state index in [-0.39, 0.29) is 12.5 Å². The number of hydrogen-bond acceptors (Lipinski definition) is 4. The Labute approximate surface area is 154 Å². The fourth-order valence-corrected chi connectivity index (χ4v) is 4.41. The maximum absolute atomic E-state index is 13.8. The quantitative estimate of drug-likeness (QED) is 0.828. The Bertz CT molecular complexity index is 872. The molecule has 1 amide bonds. The highest BCUT2D eigenvalue weighted by Crippen LogP contribution is 2.37. The smallest absolute Gasteiger partial charge is 0.238 e. The number of anilines is 1. The third kappa shape index (κ3) is 3.92. The van der Waals surface area contributed by atoms with Crippen LogP contribution in [0.5, 0.6) is 0 Å². The second-order valence-corrected chi connectivity index (χ2v) is 7.45. The summed E-state index contributed by atoms with van der Waals surface area (Å²) in [5, 5.41) is 15.7. The molecule has 2 aromatic rings. The molecule has 0 bridgehead atoms. The molecular weight excluding hydrogens is 356 g/mol. The Balaban J connectivity index is 1.63. The minimum absolute atomic E-state index is 0.0363. The zero-order valence-corrected chi connectivity index (χ0v) is 15.2. The molecule has 0 saturated heterocycles. The predicted octanol–water partition coefficient (Wildman–Crippen LogP) is 4.07. The van der Waals surface area contributed by atoms with E-state index in [4.69, 9.17) is 0 Å². The van der Waals surface area contributed by atoms with Gasteiger partial charge in [0, 0.05) is 22.5 Å². The molecule has 1 aromatic heterocycles. The van der Waals surface area contributed by atoms with Crippen molar-refractivity contribution in [2.75, 3.05) is 11.9 Å². The van der Waals surface area contributed by atoms with E-state index in [0.29, 0.717) is 16.1 Å². The summed E-state index contributed by atoms with van der Waals surface area (Å²) in [6, 6.07) is 5.12. The number of benzene rings is 1. The summed E-state index contributed by atoms with van der Waals surface area (Å²) in [5.74, 6) is -1.58. The maximum Gasteiger partial charge on any atom is 0.238 e. The molecule has 136 valence electrons. The van der Waals surface area contributed by atoms with E-state index in [1.54, 1.807) is 6.92 Å². The molecule has 0 fully saturated rings. The number of halogens is 2. The van der Waals surface area contributed by atoms with Crippen LogP contribution in [0.2, 0.25) is 0 Å². The molecule has 1 heterocycles. The lowest BCUT2D eigenvalue weighted by Gasteiger charge is -2.15. The SMILES string of the molecule is C[C@H](NCC(=O)Nc1sc2c(c1C#N)CCCC2)c1ccc(F)cc1F. The van der Waals surface area contributed by atoms with Crippen molar-refractivity contribution in [1.82, 2.24) is 5.32 Å². The third-order valence-electron chi connectivity index (χ3n) is 4.53. The van der Waals surface area contributed by atoms with Gasteiger partial charge >= 0.3 is 0 Å². The summed E-state index contributed by atoms with van der Waals surface area (Å²) >= 11 is 1.47. The zero-order valence-electron chi connectivity index (χ0n) is 14.4. The lowest BCUT2D eigenvalue weighted by Crippen LogP contribution is -2.30. The highest BCUT2D eigenvalue weighted by molar-refractivity contribution is 7.16. The van der Waals surface area contributed by atoms with Gasteiger partial charge in [-0.25, -0.2) is 8.78 Å². The summed E-state index contributed by atoms with van der Waals surface area (Å²) in [6.07, 6.45) is 4.00. The van der Waals surface area contributed by atoms with Crippen LogP contribution in [0.3, 0.4) is 0 Å². The highest BCUT2D eigenvalue weighted by Gasteiger charge is 2.22. The molecule has 3 rings (SSSR count). The third-order valence-corrected chi connectivity index (χ3v) is 5.74. The van der Waals surface area contributed by atoms with E-state index in [2.05, 4.69) is 16.7 Å². The van der Waals surface area contributed by atoms with Gasteiger partial charge in [0.15, 0.2) is 0 Å². The van der Waals surface area contributed by atoms with Crippen molar-refractivity contribution in [1.29, 1.82) is 5.26 Å². The number of carbonyl (C=O) groups is 1. The normalized spacial score (nSPS) is 14.4. The molecule has 0 radical (unpaired) electrons. The van der Waals surface area contributed by atoms with Crippen molar-refractivity contribution in [3.8, 4) is 6.07 Å². The van der Waals surface area contributed by atoms with Crippen LogP contribution in [0, 0.1) is 23.0 Å². The van der Waals surface area contributed by atoms with Crippen LogP contribution >= 0.6 is 11.3 Å². The van der Waals surface area contributed by atoms with Crippen LogP contribution in [-0.2, 0) is 17.6 Å². The van der Waals surface area contributed by atoms with Crippen LogP contribution in [0.15, 0.2) is 18.2 Å². The predicted molar refractivity (Wildman–Crippen MR) is 97.1 cm³/mol. The van der Waals surface area contributed by atoms with Gasteiger partial charge in [-0.15, -0.1) is 11.3 Å². The molecule has 1 atom stereocenters. The molecular formula is C19H19F2N3OS. The van der Waals surface area contributed by atoms with Crippen LogP contribution in [-0.4, -0.2) is 12.5 Å². The maximum atomic E-state index is 13.8. The molecule has 7 heteroatoms. The largest absolute Gasteiger partial charge is 0.315 e. The van der Waals surface area contributed by atoms with Gasteiger partial charge in [-0.1, -0.05) is 6.07 Å². The number of amides is 1. The van der Waals surface area contributed by atoms with Gasteiger partial charge in [-0.2, -0.15) is 5.26 Å². The Hall–Kier alpha value is -2.30. The van der Waals surface area contributed by atoms with Crippen LogP contribution in [0.25, 0.3) is 0 Å². The first-order valence-corrected chi connectivity index (χ1v) is 9.34. The standard InChI is InChI=1S/C19H19F2N3OS/c1-11(13-7-6-12(20)8-16(13)21)23-10-18(25)24-19-15(9-22)14-4-2-3-5-17(14)26-19/h6-8,11,23H,2-5,10H2,1H3,(H,24,25)/t11-/m0/s1. The minimum Gasteiger partial charge on any atom is -0.315 e. The van der Waals surface area contributed by atoms with E-state index in [1.165, 1.54) is 28.3 Å². The lowest BCUT2D eigenvalue weighted by molar-refractivity contribution is -0.115. The topological polar surface area (TPSA) is 64.9 Å². The number of nitriles is 1. The summed E-state index contributed by atoms with van der Waals surface area (Å²) in [4.78, 5) is 13.4. The van der Waals surface area contributed by atoms with Crippen molar-refractivity contribution >= 4 is 22.2 Å². The number of rotatable bonds is 5. The van der Waals surface area contributed by atoms with Crippen molar-refractivity contribution < 1.29 is 13.6 Å². The van der Waals surface area contributed by atoms with Crippen LogP contribution < -0.4 is 10.6 Å². The molecule has 1 aliphatic carbocycles. The van der Waals surface area contributed by atoms with Gasteiger partial charge in [0.1, 0.15) is 22.7 Å². The van der Waals surface area contributed by atoms with Crippen molar-refractivity contribution in [3.63, 3.8) is 0 Å². The number of aryl methyl sites for hydroxylation is 1. The number of nitrogens with one attached hydrogen (secondary N) is 2. The second-order valence-electron chi connectivity index (χ2n) is 6.34. The van der Waals surface area contributed by atoms with E-state index in [9.17, 15) is 18.8 Å². The van der Waals surface area contributed by atoms with Gasteiger partial charge < -0.3 is 10.6 Å². The average molecular weight is 375 g/mol. The number of hydrogen-bond donors (Lipinski definition) is 2. The van der Waals surface area contributed by atoms with E-state index in [0.717, 1.165) is 37.3 Å². The Morgan fingerprint density at radius 1 is 1.35 bits per heavy atom. The van der Waals surface area contributed by atoms with Crippen molar-refractivity contribution in [3.05, 3.63) is 51.4 Å². The van der Waals surface area contributed by atoms with Gasteiger partial charge in [-0.3, -0.25) is 4.79 Å². The average Bonchev–Trinajstić information content (AvgIpc) is 2.96. The van der Waals surface area contributed by atoms with Crippen molar-refractivity contribution in [2.45, 2.75) is 38.6 Å². The Morgan fingerprint density at radius 2 is 2.12 bits per heavy atom. The molecule has 0 unspecified atom stereocenters. The van der Waals surface area contributed by atoms with Crippen LogP contribution in [0.4, 0.5) is 13.8 Å². The second kappa shape index (κ2) is 7.94. The molecule has 0 spiro atoms. The van der Waals surface area contributed by atoms with Crippen molar-refractivity contribution in [2.24, 2.45) is 0 Å². The van der Waals surface area contributed by atoms with E-state index < -0.39 is 17.7 Å². The Kier molecular flexibility index (Phi) is 5.64. The number of fused-ring (bicyclic) bond motifs is 1. The zero-order chi connectivity index (χ0) is 18.7. The Morgan fingerprint density at radius 3 is 2.85 bits per heavy atom. The highest BCUT2D eigenvalue weighted by atomic mass is 32.1.